The highest BCUT2D eigenvalue weighted by Crippen LogP contribution is 2.51. The van der Waals surface area contributed by atoms with Gasteiger partial charge in [-0.25, -0.2) is 0 Å². The number of hydrogen-bond donors (Lipinski definition) is 1. The number of rotatable bonds is 2. The molecule has 4 atom stereocenters. The number of nitrogens with zero attached hydrogens (tertiary/aromatic N) is 2. The Kier molecular flexibility index (Phi) is 2.33. The van der Waals surface area contributed by atoms with Gasteiger partial charge in [0, 0.05) is 6.04 Å². The lowest BCUT2D eigenvalue weighted by Crippen LogP contribution is -2.34. The van der Waals surface area contributed by atoms with Gasteiger partial charge in [0.05, 0.1) is 12.2 Å². The minimum atomic E-state index is 0.171. The predicted octanol–water partition coefficient (Wildman–Crippen LogP) is 2.48. The monoisotopic (exact) mass is 259 g/mol. The van der Waals surface area contributed by atoms with Gasteiger partial charge >= 0.3 is 0 Å². The molecule has 0 spiro atoms. The Morgan fingerprint density at radius 3 is 2.84 bits per heavy atom. The minimum Gasteiger partial charge on any atom is -0.461 e. The van der Waals surface area contributed by atoms with Crippen LogP contribution in [0.25, 0.3) is 11.6 Å². The molecule has 100 valence electrons. The second-order valence-corrected chi connectivity index (χ2v) is 5.83. The van der Waals surface area contributed by atoms with Crippen LogP contribution in [0.3, 0.4) is 0 Å². The van der Waals surface area contributed by atoms with Crippen molar-refractivity contribution in [2.24, 2.45) is 17.6 Å². The van der Waals surface area contributed by atoms with E-state index < -0.39 is 0 Å². The molecule has 5 nitrogen and oxygen atoms in total. The largest absolute Gasteiger partial charge is 0.461 e. The topological polar surface area (TPSA) is 78.1 Å². The SMILES string of the molecule is Cc1ccoc1-c1noc(C2C3CCC(C3)C2N)n1. The van der Waals surface area contributed by atoms with Crippen molar-refractivity contribution < 1.29 is 8.94 Å². The lowest BCUT2D eigenvalue weighted by Gasteiger charge is -2.24. The van der Waals surface area contributed by atoms with E-state index >= 15 is 0 Å². The number of furan rings is 1. The molecule has 0 aliphatic heterocycles. The van der Waals surface area contributed by atoms with Gasteiger partial charge in [0.1, 0.15) is 0 Å². The third kappa shape index (κ3) is 1.57. The van der Waals surface area contributed by atoms with Gasteiger partial charge in [0.2, 0.25) is 11.7 Å². The molecule has 2 aliphatic rings. The quantitative estimate of drug-likeness (QED) is 0.896. The first-order valence-corrected chi connectivity index (χ1v) is 6.87. The molecule has 4 rings (SSSR count). The second-order valence-electron chi connectivity index (χ2n) is 5.83. The number of fused-ring (bicyclic) bond motifs is 2. The first-order chi connectivity index (χ1) is 9.24. The van der Waals surface area contributed by atoms with Crippen LogP contribution in [0.1, 0.15) is 36.6 Å². The normalized spacial score (nSPS) is 33.2. The van der Waals surface area contributed by atoms with Gasteiger partial charge in [-0.2, -0.15) is 4.98 Å². The van der Waals surface area contributed by atoms with Crippen LogP contribution in [0, 0.1) is 18.8 Å². The smallest absolute Gasteiger partial charge is 0.238 e. The van der Waals surface area contributed by atoms with Crippen LogP contribution in [-0.2, 0) is 0 Å². The zero-order valence-electron chi connectivity index (χ0n) is 10.9. The summed E-state index contributed by atoms with van der Waals surface area (Å²) in [6.45, 7) is 1.97. The molecular weight excluding hydrogens is 242 g/mol. The van der Waals surface area contributed by atoms with E-state index in [9.17, 15) is 0 Å². The highest BCUT2D eigenvalue weighted by molar-refractivity contribution is 5.51. The zero-order valence-corrected chi connectivity index (χ0v) is 10.9. The van der Waals surface area contributed by atoms with Gasteiger partial charge in [-0.15, -0.1) is 0 Å². The first kappa shape index (κ1) is 11.2. The van der Waals surface area contributed by atoms with Crippen LogP contribution in [0.5, 0.6) is 0 Å². The average molecular weight is 259 g/mol. The van der Waals surface area contributed by atoms with Crippen molar-refractivity contribution in [2.45, 2.75) is 38.1 Å². The van der Waals surface area contributed by atoms with Crippen LogP contribution in [0.2, 0.25) is 0 Å². The summed E-state index contributed by atoms with van der Waals surface area (Å²) in [5, 5.41) is 4.05. The third-order valence-corrected chi connectivity index (χ3v) is 4.77. The van der Waals surface area contributed by atoms with E-state index in [4.69, 9.17) is 14.7 Å². The molecule has 5 heteroatoms. The molecule has 19 heavy (non-hydrogen) atoms. The number of nitrogens with two attached hydrogens (primary N) is 1. The van der Waals surface area contributed by atoms with E-state index in [1.54, 1.807) is 6.26 Å². The Balaban J connectivity index is 1.67. The van der Waals surface area contributed by atoms with Crippen molar-refractivity contribution in [3.05, 3.63) is 23.8 Å². The van der Waals surface area contributed by atoms with E-state index in [0.717, 1.165) is 5.56 Å². The highest BCUT2D eigenvalue weighted by atomic mass is 16.5. The summed E-state index contributed by atoms with van der Waals surface area (Å²) in [5.41, 5.74) is 7.32. The van der Waals surface area contributed by atoms with Crippen molar-refractivity contribution >= 4 is 0 Å². The summed E-state index contributed by atoms with van der Waals surface area (Å²) < 4.78 is 10.8. The molecular formula is C14H17N3O2. The Hall–Kier alpha value is -1.62. The molecule has 0 saturated heterocycles. The number of aryl methyl sites for hydroxylation is 1. The summed E-state index contributed by atoms with van der Waals surface area (Å²) in [7, 11) is 0. The van der Waals surface area contributed by atoms with E-state index in [1.807, 2.05) is 13.0 Å². The molecule has 0 amide bonds. The van der Waals surface area contributed by atoms with Gasteiger partial charge in [0.25, 0.3) is 0 Å². The lowest BCUT2D eigenvalue weighted by atomic mass is 9.85. The van der Waals surface area contributed by atoms with Crippen LogP contribution in [0.4, 0.5) is 0 Å². The molecule has 2 bridgehead atoms. The van der Waals surface area contributed by atoms with E-state index in [-0.39, 0.29) is 12.0 Å². The molecule has 2 saturated carbocycles. The molecule has 4 unspecified atom stereocenters. The van der Waals surface area contributed by atoms with Gasteiger partial charge in [-0.3, -0.25) is 0 Å². The van der Waals surface area contributed by atoms with Crippen molar-refractivity contribution in [2.75, 3.05) is 0 Å². The predicted molar refractivity (Wildman–Crippen MR) is 68.3 cm³/mol. The fourth-order valence-corrected chi connectivity index (χ4v) is 3.77. The van der Waals surface area contributed by atoms with Crippen molar-refractivity contribution in [3.8, 4) is 11.6 Å². The maximum atomic E-state index is 6.30. The maximum Gasteiger partial charge on any atom is 0.238 e. The fraction of sp³-hybridized carbons (Fsp3) is 0.571. The fourth-order valence-electron chi connectivity index (χ4n) is 3.77. The van der Waals surface area contributed by atoms with Crippen molar-refractivity contribution in [1.29, 1.82) is 0 Å². The molecule has 2 fully saturated rings. The minimum absolute atomic E-state index is 0.171. The maximum absolute atomic E-state index is 6.30. The van der Waals surface area contributed by atoms with E-state index in [0.29, 0.717) is 29.3 Å². The van der Waals surface area contributed by atoms with Gasteiger partial charge in [0.15, 0.2) is 5.76 Å². The van der Waals surface area contributed by atoms with Crippen molar-refractivity contribution in [3.63, 3.8) is 0 Å². The first-order valence-electron chi connectivity index (χ1n) is 6.87. The van der Waals surface area contributed by atoms with E-state index in [1.165, 1.54) is 19.3 Å². The summed E-state index contributed by atoms with van der Waals surface area (Å²) in [6.07, 6.45) is 5.34. The lowest BCUT2D eigenvalue weighted by molar-refractivity contribution is 0.279. The Morgan fingerprint density at radius 2 is 2.16 bits per heavy atom. The Bertz CT molecular complexity index is 601. The molecule has 2 aromatic heterocycles. The Morgan fingerprint density at radius 1 is 1.32 bits per heavy atom. The van der Waals surface area contributed by atoms with Crippen LogP contribution >= 0.6 is 0 Å². The average Bonchev–Trinajstić information content (AvgIpc) is 3.10. The van der Waals surface area contributed by atoms with Gasteiger partial charge in [-0.1, -0.05) is 5.16 Å². The number of hydrogen-bond acceptors (Lipinski definition) is 5. The molecule has 2 aliphatic carbocycles. The van der Waals surface area contributed by atoms with Gasteiger partial charge in [-0.05, 0) is 49.7 Å². The molecule has 2 aromatic rings. The van der Waals surface area contributed by atoms with Crippen LogP contribution < -0.4 is 5.73 Å². The number of aromatic nitrogens is 2. The zero-order chi connectivity index (χ0) is 13.0. The summed E-state index contributed by atoms with van der Waals surface area (Å²) >= 11 is 0. The summed E-state index contributed by atoms with van der Waals surface area (Å²) in [4.78, 5) is 4.51. The van der Waals surface area contributed by atoms with Crippen LogP contribution in [0.15, 0.2) is 21.3 Å². The summed E-state index contributed by atoms with van der Waals surface area (Å²) in [6, 6.07) is 2.07. The molecule has 0 aromatic carbocycles. The van der Waals surface area contributed by atoms with Crippen LogP contribution in [-0.4, -0.2) is 16.2 Å². The third-order valence-electron chi connectivity index (χ3n) is 4.77. The summed E-state index contributed by atoms with van der Waals surface area (Å²) in [5.74, 6) is 3.39. The molecule has 2 N–H and O–H groups in total. The standard InChI is InChI=1S/C14H17N3O2/c1-7-4-5-18-12(7)13-16-14(19-17-13)10-8-2-3-9(6-8)11(10)15/h4-5,8-11H,2-3,6,15H2,1H3. The molecule has 0 radical (unpaired) electrons. The highest BCUT2D eigenvalue weighted by Gasteiger charge is 2.49. The van der Waals surface area contributed by atoms with Crippen molar-refractivity contribution in [1.82, 2.24) is 10.1 Å². The van der Waals surface area contributed by atoms with E-state index in [2.05, 4.69) is 10.1 Å². The Labute approximate surface area is 111 Å². The second kappa shape index (κ2) is 3.93. The molecule has 2 heterocycles. The van der Waals surface area contributed by atoms with Gasteiger partial charge < -0.3 is 14.7 Å².